The van der Waals surface area contributed by atoms with E-state index >= 15 is 0 Å². The van der Waals surface area contributed by atoms with E-state index in [4.69, 9.17) is 0 Å². The van der Waals surface area contributed by atoms with Gasteiger partial charge in [-0.2, -0.15) is 0 Å². The van der Waals surface area contributed by atoms with E-state index in [0.29, 0.717) is 0 Å². The zero-order valence-electron chi connectivity index (χ0n) is 9.17. The molecule has 0 bridgehead atoms. The second-order valence-electron chi connectivity index (χ2n) is 3.60. The van der Waals surface area contributed by atoms with Gasteiger partial charge in [0.25, 0.3) is 0 Å². The van der Waals surface area contributed by atoms with Gasteiger partial charge >= 0.3 is 126 Å². The number of rotatable bonds is 4. The summed E-state index contributed by atoms with van der Waals surface area (Å²) in [5, 5.41) is 0. The summed E-state index contributed by atoms with van der Waals surface area (Å²) in [5.74, 6) is -0.0703. The van der Waals surface area contributed by atoms with E-state index in [0.717, 1.165) is 16.4 Å². The Bertz CT molecular complexity index is 480. The van der Waals surface area contributed by atoms with Gasteiger partial charge in [-0.1, -0.05) is 0 Å². The van der Waals surface area contributed by atoms with Gasteiger partial charge in [-0.25, -0.2) is 0 Å². The number of aryl methyl sites for hydroxylation is 1. The zero-order chi connectivity index (χ0) is 12.1. The average molecular weight is 453 g/mol. The molecule has 0 atom stereocenters. The van der Waals surface area contributed by atoms with E-state index in [1.165, 1.54) is 7.14 Å². The predicted molar refractivity (Wildman–Crippen MR) is 72.8 cm³/mol. The van der Waals surface area contributed by atoms with Crippen molar-refractivity contribution in [1.29, 1.82) is 0 Å². The molecule has 0 heterocycles. The summed E-state index contributed by atoms with van der Waals surface area (Å²) < 4.78 is 17.2. The summed E-state index contributed by atoms with van der Waals surface area (Å²) in [7, 11) is 0. The molecule has 2 aromatic rings. The quantitative estimate of drug-likeness (QED) is 0.478. The molecule has 90 valence electrons. The fourth-order valence-electron chi connectivity index (χ4n) is 1.48. The molecule has 17 heavy (non-hydrogen) atoms. The van der Waals surface area contributed by atoms with Gasteiger partial charge in [0, 0.05) is 0 Å². The summed E-state index contributed by atoms with van der Waals surface area (Å²) in [6.45, 7) is 0. The molecule has 2 rings (SSSR count). The van der Waals surface area contributed by atoms with Crippen LogP contribution in [-0.2, 0) is 6.42 Å². The Kier molecular flexibility index (Phi) is 5.21. The monoisotopic (exact) mass is 453 g/mol. The Hall–Kier alpha value is -0.170. The summed E-state index contributed by atoms with van der Waals surface area (Å²) >= 11 is 2.32. The molecule has 0 N–H and O–H groups in total. The molecule has 3 heteroatoms. The van der Waals surface area contributed by atoms with Crippen LogP contribution in [0.2, 0.25) is 0 Å². The van der Waals surface area contributed by atoms with Crippen LogP contribution in [0.3, 0.4) is 0 Å². The Morgan fingerprint density at radius 1 is 1.00 bits per heavy atom. The second-order valence-corrected chi connectivity index (χ2v) is 7.93. The van der Waals surface area contributed by atoms with Gasteiger partial charge < -0.3 is 0 Å². The van der Waals surface area contributed by atoms with Crippen LogP contribution in [0.15, 0.2) is 48.5 Å². The molecule has 0 aliphatic carbocycles. The van der Waals surface area contributed by atoms with Crippen LogP contribution in [0, 0.1) is 13.0 Å². The fourth-order valence-corrected chi connectivity index (χ4v) is 4.18. The Morgan fingerprint density at radius 3 is 2.41 bits per heavy atom. The van der Waals surface area contributed by atoms with Gasteiger partial charge in [0.1, 0.15) is 0 Å². The van der Waals surface area contributed by atoms with Gasteiger partial charge in [-0.05, 0) is 0 Å². The van der Waals surface area contributed by atoms with Crippen molar-refractivity contribution < 1.29 is 25.6 Å². The molecular weight excluding hydrogens is 441 g/mol. The van der Waals surface area contributed by atoms with Crippen molar-refractivity contribution in [2.45, 2.75) is 6.42 Å². The predicted octanol–water partition coefficient (Wildman–Crippen LogP) is 0.932. The molecule has 0 spiro atoms. The van der Waals surface area contributed by atoms with E-state index in [-0.39, 0.29) is 27.0 Å². The van der Waals surface area contributed by atoms with Crippen LogP contribution in [0.5, 0.6) is 0 Å². The molecule has 0 amide bonds. The number of hydrogen-bond donors (Lipinski definition) is 0. The number of alkyl halides is 1. The van der Waals surface area contributed by atoms with Crippen LogP contribution >= 0.6 is 22.6 Å². The van der Waals surface area contributed by atoms with E-state index in [2.05, 4.69) is 46.9 Å². The van der Waals surface area contributed by atoms with Crippen molar-refractivity contribution in [1.82, 2.24) is 0 Å². The van der Waals surface area contributed by atoms with Crippen molar-refractivity contribution in [2.24, 2.45) is 0 Å². The summed E-state index contributed by atoms with van der Waals surface area (Å²) in [4.78, 5) is 0. The van der Waals surface area contributed by atoms with Crippen molar-refractivity contribution in [3.8, 4) is 0 Å². The number of benzene rings is 2. The maximum atomic E-state index is 13.4. The SMILES string of the molecule is Fc1ccccc1CC[I-]c1ccc(I)cc1. The van der Waals surface area contributed by atoms with Crippen molar-refractivity contribution in [2.75, 3.05) is 4.43 Å². The normalized spacial score (nSPS) is 10.7. The standard InChI is InChI=1S/C14H12FI2/c15-14-4-2-1-3-11(14)9-10-17-13-7-5-12(16)6-8-13/h1-8H,9-10H2/q-1. The molecule has 0 aliphatic heterocycles. The third-order valence-electron chi connectivity index (χ3n) is 2.37. The van der Waals surface area contributed by atoms with Crippen LogP contribution in [0.25, 0.3) is 0 Å². The van der Waals surface area contributed by atoms with E-state index < -0.39 is 0 Å². The molecule has 0 nitrogen and oxygen atoms in total. The minimum absolute atomic E-state index is 0.00538. The first-order valence-corrected chi connectivity index (χ1v) is 9.02. The van der Waals surface area contributed by atoms with Crippen LogP contribution in [0.4, 0.5) is 4.39 Å². The Labute approximate surface area is 125 Å². The maximum absolute atomic E-state index is 13.4. The van der Waals surface area contributed by atoms with Gasteiger partial charge in [0.15, 0.2) is 0 Å². The van der Waals surface area contributed by atoms with Crippen LogP contribution in [0.1, 0.15) is 5.56 Å². The number of halogens is 3. The summed E-state index contributed by atoms with van der Waals surface area (Å²) in [5.41, 5.74) is 0.845. The third kappa shape index (κ3) is 4.21. The van der Waals surface area contributed by atoms with E-state index in [9.17, 15) is 4.39 Å². The zero-order valence-corrected chi connectivity index (χ0v) is 13.5. The molecule has 0 aliphatic rings. The first-order chi connectivity index (χ1) is 8.25. The first kappa shape index (κ1) is 13.3. The average Bonchev–Trinajstić information content (AvgIpc) is 2.34. The van der Waals surface area contributed by atoms with Crippen LogP contribution < -0.4 is 21.2 Å². The molecular formula is C14H12FI2-. The van der Waals surface area contributed by atoms with Crippen molar-refractivity contribution >= 4 is 22.6 Å². The first-order valence-electron chi connectivity index (χ1n) is 5.34. The van der Waals surface area contributed by atoms with Gasteiger partial charge in [0.05, 0.1) is 0 Å². The number of hydrogen-bond acceptors (Lipinski definition) is 0. The third-order valence-corrected chi connectivity index (χ3v) is 5.77. The fraction of sp³-hybridized carbons (Fsp3) is 0.143. The molecule has 0 fully saturated rings. The molecule has 0 saturated heterocycles. The Balaban J connectivity index is 1.88. The minimum atomic E-state index is -0.0703. The molecule has 0 aromatic heterocycles. The van der Waals surface area contributed by atoms with Crippen LogP contribution in [-0.4, -0.2) is 4.43 Å². The van der Waals surface area contributed by atoms with E-state index in [1.54, 1.807) is 12.1 Å². The van der Waals surface area contributed by atoms with Gasteiger partial charge in [-0.3, -0.25) is 0 Å². The molecule has 2 aromatic carbocycles. The topological polar surface area (TPSA) is 0 Å². The summed E-state index contributed by atoms with van der Waals surface area (Å²) in [6.07, 6.45) is 0.853. The van der Waals surface area contributed by atoms with Crippen molar-refractivity contribution in [3.05, 3.63) is 67.1 Å². The second kappa shape index (κ2) is 6.68. The molecule has 0 unspecified atom stereocenters. The van der Waals surface area contributed by atoms with E-state index in [1.807, 2.05) is 12.1 Å². The Morgan fingerprint density at radius 2 is 1.71 bits per heavy atom. The summed E-state index contributed by atoms with van der Waals surface area (Å²) in [6, 6.07) is 15.7. The van der Waals surface area contributed by atoms with Gasteiger partial charge in [0.2, 0.25) is 0 Å². The van der Waals surface area contributed by atoms with Gasteiger partial charge in [-0.15, -0.1) is 0 Å². The molecule has 0 saturated carbocycles. The van der Waals surface area contributed by atoms with Crippen molar-refractivity contribution in [3.63, 3.8) is 0 Å². The molecule has 0 radical (unpaired) electrons.